The standard InChI is InChI=1S/C16H20N4O2S/c1-12-11-23-15(18-12)19-16(21)20(10-14-5-3-7-22-14)9-13-4-2-6-17-8-13/h2,4,6,8,11,14H,3,5,7,9-10H2,1H3,(H,18,19,21). The van der Waals surface area contributed by atoms with Gasteiger partial charge in [0, 0.05) is 37.5 Å². The van der Waals surface area contributed by atoms with E-state index in [9.17, 15) is 4.79 Å². The Kier molecular flexibility index (Phi) is 5.19. The van der Waals surface area contributed by atoms with Gasteiger partial charge in [-0.2, -0.15) is 0 Å². The lowest BCUT2D eigenvalue weighted by Crippen LogP contribution is -2.39. The number of nitrogens with one attached hydrogen (secondary N) is 1. The van der Waals surface area contributed by atoms with Gasteiger partial charge in [0.05, 0.1) is 11.8 Å². The molecule has 0 saturated carbocycles. The highest BCUT2D eigenvalue weighted by Crippen LogP contribution is 2.18. The predicted molar refractivity (Wildman–Crippen MR) is 89.5 cm³/mol. The monoisotopic (exact) mass is 332 g/mol. The summed E-state index contributed by atoms with van der Waals surface area (Å²) in [5, 5.41) is 5.41. The number of ether oxygens (including phenoxy) is 1. The van der Waals surface area contributed by atoms with Crippen LogP contribution in [0.5, 0.6) is 0 Å². The van der Waals surface area contributed by atoms with Crippen LogP contribution in [0.15, 0.2) is 29.9 Å². The summed E-state index contributed by atoms with van der Waals surface area (Å²) in [5.74, 6) is 0. The molecule has 3 heterocycles. The molecule has 1 saturated heterocycles. The number of aryl methyl sites for hydroxylation is 1. The average Bonchev–Trinajstić information content (AvgIpc) is 3.19. The van der Waals surface area contributed by atoms with E-state index in [0.717, 1.165) is 30.7 Å². The van der Waals surface area contributed by atoms with Gasteiger partial charge in [0.2, 0.25) is 0 Å². The van der Waals surface area contributed by atoms with Crippen LogP contribution >= 0.6 is 11.3 Å². The zero-order valence-electron chi connectivity index (χ0n) is 13.1. The summed E-state index contributed by atoms with van der Waals surface area (Å²) in [6, 6.07) is 3.69. The lowest BCUT2D eigenvalue weighted by Gasteiger charge is -2.25. The van der Waals surface area contributed by atoms with Gasteiger partial charge < -0.3 is 9.64 Å². The van der Waals surface area contributed by atoms with Crippen molar-refractivity contribution in [3.63, 3.8) is 0 Å². The summed E-state index contributed by atoms with van der Waals surface area (Å²) in [7, 11) is 0. The molecule has 0 spiro atoms. The van der Waals surface area contributed by atoms with E-state index in [-0.39, 0.29) is 12.1 Å². The van der Waals surface area contributed by atoms with Crippen molar-refractivity contribution in [2.75, 3.05) is 18.5 Å². The van der Waals surface area contributed by atoms with Crippen molar-refractivity contribution in [3.05, 3.63) is 41.2 Å². The maximum atomic E-state index is 12.6. The van der Waals surface area contributed by atoms with Crippen molar-refractivity contribution in [2.24, 2.45) is 0 Å². The normalized spacial score (nSPS) is 17.2. The molecule has 6 nitrogen and oxygen atoms in total. The van der Waals surface area contributed by atoms with Crippen molar-refractivity contribution < 1.29 is 9.53 Å². The molecule has 1 fully saturated rings. The SMILES string of the molecule is Cc1csc(NC(=O)N(Cc2cccnc2)CC2CCCO2)n1. The van der Waals surface area contributed by atoms with E-state index < -0.39 is 0 Å². The highest BCUT2D eigenvalue weighted by atomic mass is 32.1. The van der Waals surface area contributed by atoms with Gasteiger partial charge in [-0.15, -0.1) is 11.3 Å². The first-order valence-corrected chi connectivity index (χ1v) is 8.57. The number of hydrogen-bond donors (Lipinski definition) is 1. The van der Waals surface area contributed by atoms with Crippen LogP contribution in [0.4, 0.5) is 9.93 Å². The van der Waals surface area contributed by atoms with E-state index in [0.29, 0.717) is 18.2 Å². The van der Waals surface area contributed by atoms with E-state index in [1.807, 2.05) is 24.4 Å². The number of aromatic nitrogens is 2. The van der Waals surface area contributed by atoms with E-state index >= 15 is 0 Å². The van der Waals surface area contributed by atoms with Crippen molar-refractivity contribution in [3.8, 4) is 0 Å². The number of pyridine rings is 1. The Bertz CT molecular complexity index is 641. The van der Waals surface area contributed by atoms with Gasteiger partial charge in [-0.1, -0.05) is 6.07 Å². The molecule has 3 rings (SSSR count). The second-order valence-corrected chi connectivity index (χ2v) is 6.46. The number of amides is 2. The largest absolute Gasteiger partial charge is 0.376 e. The first kappa shape index (κ1) is 15.9. The second-order valence-electron chi connectivity index (χ2n) is 5.60. The molecular weight excluding hydrogens is 312 g/mol. The number of nitrogens with zero attached hydrogens (tertiary/aromatic N) is 3. The summed E-state index contributed by atoms with van der Waals surface area (Å²) in [6.07, 6.45) is 5.66. The quantitative estimate of drug-likeness (QED) is 0.914. The zero-order chi connectivity index (χ0) is 16.1. The molecule has 0 aliphatic carbocycles. The van der Waals surface area contributed by atoms with Crippen LogP contribution in [0.1, 0.15) is 24.1 Å². The van der Waals surface area contributed by atoms with Gasteiger partial charge in [-0.05, 0) is 31.4 Å². The van der Waals surface area contributed by atoms with Crippen molar-refractivity contribution in [1.82, 2.24) is 14.9 Å². The highest BCUT2D eigenvalue weighted by molar-refractivity contribution is 7.13. The minimum Gasteiger partial charge on any atom is -0.376 e. The summed E-state index contributed by atoms with van der Waals surface area (Å²) >= 11 is 1.43. The Balaban J connectivity index is 1.68. The Labute approximate surface area is 139 Å². The van der Waals surface area contributed by atoms with Crippen LogP contribution in [-0.2, 0) is 11.3 Å². The minimum atomic E-state index is -0.154. The molecule has 1 unspecified atom stereocenters. The zero-order valence-corrected chi connectivity index (χ0v) is 13.9. The predicted octanol–water partition coefficient (Wildman–Crippen LogP) is 3.06. The molecular formula is C16H20N4O2S. The van der Waals surface area contributed by atoms with Crippen LogP contribution < -0.4 is 5.32 Å². The fourth-order valence-electron chi connectivity index (χ4n) is 2.55. The van der Waals surface area contributed by atoms with E-state index in [2.05, 4.69) is 15.3 Å². The first-order valence-electron chi connectivity index (χ1n) is 7.69. The van der Waals surface area contributed by atoms with Crippen LogP contribution in [0.3, 0.4) is 0 Å². The van der Waals surface area contributed by atoms with Crippen LogP contribution in [0.2, 0.25) is 0 Å². The molecule has 7 heteroatoms. The van der Waals surface area contributed by atoms with Gasteiger partial charge in [-0.25, -0.2) is 9.78 Å². The Morgan fingerprint density at radius 2 is 2.48 bits per heavy atom. The lowest BCUT2D eigenvalue weighted by atomic mass is 10.2. The van der Waals surface area contributed by atoms with Crippen molar-refractivity contribution in [1.29, 1.82) is 0 Å². The Hall–Kier alpha value is -1.99. The molecule has 1 aliphatic rings. The van der Waals surface area contributed by atoms with Gasteiger partial charge in [0.1, 0.15) is 0 Å². The molecule has 0 aromatic carbocycles. The molecule has 1 aliphatic heterocycles. The average molecular weight is 332 g/mol. The van der Waals surface area contributed by atoms with Gasteiger partial charge >= 0.3 is 6.03 Å². The van der Waals surface area contributed by atoms with Gasteiger partial charge in [0.25, 0.3) is 0 Å². The topological polar surface area (TPSA) is 67.4 Å². The number of anilines is 1. The van der Waals surface area contributed by atoms with E-state index in [1.165, 1.54) is 11.3 Å². The van der Waals surface area contributed by atoms with Crippen molar-refractivity contribution >= 4 is 22.5 Å². The minimum absolute atomic E-state index is 0.107. The number of hydrogen-bond acceptors (Lipinski definition) is 5. The fraction of sp³-hybridized carbons (Fsp3) is 0.438. The summed E-state index contributed by atoms with van der Waals surface area (Å²) in [5.41, 5.74) is 1.90. The number of carbonyl (C=O) groups excluding carboxylic acids is 1. The number of urea groups is 1. The van der Waals surface area contributed by atoms with Crippen LogP contribution in [0.25, 0.3) is 0 Å². The maximum Gasteiger partial charge on any atom is 0.324 e. The highest BCUT2D eigenvalue weighted by Gasteiger charge is 2.23. The second kappa shape index (κ2) is 7.52. The summed E-state index contributed by atoms with van der Waals surface area (Å²) < 4.78 is 5.68. The summed E-state index contributed by atoms with van der Waals surface area (Å²) in [6.45, 7) is 3.76. The third-order valence-electron chi connectivity index (χ3n) is 3.66. The Morgan fingerprint density at radius 3 is 3.13 bits per heavy atom. The molecule has 1 N–H and O–H groups in total. The van der Waals surface area contributed by atoms with Crippen molar-refractivity contribution in [2.45, 2.75) is 32.4 Å². The molecule has 2 aromatic heterocycles. The number of carbonyl (C=O) groups is 1. The van der Waals surface area contributed by atoms with Gasteiger partial charge in [0.15, 0.2) is 5.13 Å². The smallest absolute Gasteiger partial charge is 0.324 e. The van der Waals surface area contributed by atoms with E-state index in [1.54, 1.807) is 17.3 Å². The van der Waals surface area contributed by atoms with Crippen LogP contribution in [0, 0.1) is 6.92 Å². The molecule has 122 valence electrons. The first-order chi connectivity index (χ1) is 11.2. The lowest BCUT2D eigenvalue weighted by molar-refractivity contribution is 0.0819. The number of thiazole rings is 1. The summed E-state index contributed by atoms with van der Waals surface area (Å²) in [4.78, 5) is 22.8. The molecule has 23 heavy (non-hydrogen) atoms. The third kappa shape index (κ3) is 4.49. The number of rotatable bonds is 5. The van der Waals surface area contributed by atoms with Gasteiger partial charge in [-0.3, -0.25) is 10.3 Å². The molecule has 0 radical (unpaired) electrons. The molecule has 1 atom stereocenters. The molecule has 2 amide bonds. The third-order valence-corrected chi connectivity index (χ3v) is 4.54. The molecule has 0 bridgehead atoms. The Morgan fingerprint density at radius 1 is 1.57 bits per heavy atom. The van der Waals surface area contributed by atoms with Crippen LogP contribution in [-0.4, -0.2) is 40.2 Å². The maximum absolute atomic E-state index is 12.6. The molecule has 2 aromatic rings. The van der Waals surface area contributed by atoms with E-state index in [4.69, 9.17) is 4.74 Å². The fourth-order valence-corrected chi connectivity index (χ4v) is 3.23.